The average Bonchev–Trinajstić information content (AvgIpc) is 2.63. The Hall–Kier alpha value is -1.39. The lowest BCUT2D eigenvalue weighted by atomic mass is 10.1. The highest BCUT2D eigenvalue weighted by Crippen LogP contribution is 2.22. The molecule has 1 heterocycles. The topological polar surface area (TPSA) is 25.2 Å². The number of halogens is 2. The lowest BCUT2D eigenvalue weighted by molar-refractivity contribution is 0.0974. The number of fused-ring (bicyclic) bond motifs is 1. The minimum atomic E-state index is -0.310. The molecule has 0 saturated carbocycles. The predicted octanol–water partition coefficient (Wildman–Crippen LogP) is 2.87. The van der Waals surface area contributed by atoms with Gasteiger partial charge in [0, 0.05) is 42.7 Å². The van der Waals surface area contributed by atoms with E-state index in [0.29, 0.717) is 23.9 Å². The van der Waals surface area contributed by atoms with E-state index in [0.717, 1.165) is 5.52 Å². The fourth-order valence-corrected chi connectivity index (χ4v) is 2.05. The molecule has 0 aliphatic heterocycles. The molecule has 0 N–H and O–H groups in total. The molecule has 0 spiro atoms. The number of benzene rings is 1. The van der Waals surface area contributed by atoms with E-state index in [2.05, 4.69) is 0 Å². The molecule has 19 heavy (non-hydrogen) atoms. The summed E-state index contributed by atoms with van der Waals surface area (Å²) < 4.78 is 15.1. The second-order valence-electron chi connectivity index (χ2n) is 4.79. The third-order valence-electron chi connectivity index (χ3n) is 3.04. The van der Waals surface area contributed by atoms with E-state index >= 15 is 0 Å². The molecule has 104 valence electrons. The molecule has 0 aliphatic rings. The van der Waals surface area contributed by atoms with E-state index in [1.54, 1.807) is 12.3 Å². The van der Waals surface area contributed by atoms with E-state index in [4.69, 9.17) is 0 Å². The standard InChI is InChI=1S/C14H17FN2O.ClH/c1-16(2)7-6-14(18)12-9-17(3)13-5-4-10(15)8-11(12)13;/h4-5,8-9H,6-7H2,1-3H3;1H. The first-order valence-electron chi connectivity index (χ1n) is 5.91. The molecule has 0 aliphatic carbocycles. The Kier molecular flexibility index (Phi) is 5.09. The van der Waals surface area contributed by atoms with Crippen molar-refractivity contribution in [1.29, 1.82) is 0 Å². The largest absolute Gasteiger partial charge is 0.350 e. The van der Waals surface area contributed by atoms with Gasteiger partial charge in [-0.3, -0.25) is 4.79 Å². The van der Waals surface area contributed by atoms with Crippen LogP contribution in [0.15, 0.2) is 24.4 Å². The summed E-state index contributed by atoms with van der Waals surface area (Å²) in [6.07, 6.45) is 2.23. The van der Waals surface area contributed by atoms with Crippen molar-refractivity contribution in [2.24, 2.45) is 7.05 Å². The SMILES string of the molecule is CN(C)CCC(=O)c1cn(C)c2ccc(F)cc12.Cl. The Morgan fingerprint density at radius 2 is 2.05 bits per heavy atom. The van der Waals surface area contributed by atoms with E-state index in [9.17, 15) is 9.18 Å². The van der Waals surface area contributed by atoms with Crippen LogP contribution in [0.4, 0.5) is 4.39 Å². The van der Waals surface area contributed by atoms with E-state index in [1.807, 2.05) is 30.6 Å². The van der Waals surface area contributed by atoms with Gasteiger partial charge in [-0.15, -0.1) is 12.4 Å². The Labute approximate surface area is 118 Å². The summed E-state index contributed by atoms with van der Waals surface area (Å²) in [5.74, 6) is -0.254. The maximum absolute atomic E-state index is 13.3. The van der Waals surface area contributed by atoms with Gasteiger partial charge in [0.05, 0.1) is 0 Å². The summed E-state index contributed by atoms with van der Waals surface area (Å²) in [6, 6.07) is 4.54. The normalized spacial score (nSPS) is 10.8. The molecular weight excluding hydrogens is 267 g/mol. The number of aryl methyl sites for hydroxylation is 1. The van der Waals surface area contributed by atoms with Crippen molar-refractivity contribution in [3.05, 3.63) is 35.8 Å². The first kappa shape index (κ1) is 15.7. The first-order chi connectivity index (χ1) is 8.49. The molecular formula is C14H18ClFN2O. The summed E-state index contributed by atoms with van der Waals surface area (Å²) >= 11 is 0. The lowest BCUT2D eigenvalue weighted by Gasteiger charge is -2.07. The molecule has 0 saturated heterocycles. The monoisotopic (exact) mass is 284 g/mol. The third kappa shape index (κ3) is 3.33. The Morgan fingerprint density at radius 3 is 2.68 bits per heavy atom. The number of aromatic nitrogens is 1. The van der Waals surface area contributed by atoms with Gasteiger partial charge in [-0.25, -0.2) is 4.39 Å². The zero-order valence-corrected chi connectivity index (χ0v) is 12.1. The molecule has 1 aromatic carbocycles. The van der Waals surface area contributed by atoms with E-state index < -0.39 is 0 Å². The van der Waals surface area contributed by atoms with Crippen molar-refractivity contribution in [3.8, 4) is 0 Å². The summed E-state index contributed by atoms with van der Waals surface area (Å²) in [6.45, 7) is 0.699. The van der Waals surface area contributed by atoms with Crippen molar-refractivity contribution >= 4 is 29.1 Å². The van der Waals surface area contributed by atoms with Crippen LogP contribution in [0.2, 0.25) is 0 Å². The smallest absolute Gasteiger partial charge is 0.166 e. The van der Waals surface area contributed by atoms with Crippen LogP contribution < -0.4 is 0 Å². The second-order valence-corrected chi connectivity index (χ2v) is 4.79. The number of hydrogen-bond acceptors (Lipinski definition) is 2. The molecule has 2 aromatic rings. The molecule has 0 atom stereocenters. The van der Waals surface area contributed by atoms with Gasteiger partial charge in [0.25, 0.3) is 0 Å². The number of hydrogen-bond donors (Lipinski definition) is 0. The minimum Gasteiger partial charge on any atom is -0.350 e. The Bertz CT molecular complexity index is 592. The van der Waals surface area contributed by atoms with Gasteiger partial charge < -0.3 is 9.47 Å². The molecule has 1 aromatic heterocycles. The highest BCUT2D eigenvalue weighted by atomic mass is 35.5. The van der Waals surface area contributed by atoms with Crippen LogP contribution in [0.25, 0.3) is 10.9 Å². The maximum Gasteiger partial charge on any atom is 0.166 e. The fourth-order valence-electron chi connectivity index (χ4n) is 2.05. The zero-order chi connectivity index (χ0) is 13.3. The van der Waals surface area contributed by atoms with Crippen LogP contribution in [-0.2, 0) is 7.05 Å². The Morgan fingerprint density at radius 1 is 1.37 bits per heavy atom. The van der Waals surface area contributed by atoms with Crippen LogP contribution in [-0.4, -0.2) is 35.9 Å². The van der Waals surface area contributed by atoms with Crippen LogP contribution in [0.5, 0.6) is 0 Å². The number of nitrogens with zero attached hydrogens (tertiary/aromatic N) is 2. The number of carbonyl (C=O) groups is 1. The predicted molar refractivity (Wildman–Crippen MR) is 77.6 cm³/mol. The minimum absolute atomic E-state index is 0. The van der Waals surface area contributed by atoms with Crippen LogP contribution in [0.1, 0.15) is 16.8 Å². The highest BCUT2D eigenvalue weighted by molar-refractivity contribution is 6.08. The van der Waals surface area contributed by atoms with Gasteiger partial charge in [-0.2, -0.15) is 0 Å². The van der Waals surface area contributed by atoms with E-state index in [1.165, 1.54) is 12.1 Å². The van der Waals surface area contributed by atoms with Gasteiger partial charge in [0.2, 0.25) is 0 Å². The first-order valence-corrected chi connectivity index (χ1v) is 5.91. The van der Waals surface area contributed by atoms with Gasteiger partial charge in [-0.05, 0) is 32.3 Å². The van der Waals surface area contributed by atoms with Crippen molar-refractivity contribution in [2.45, 2.75) is 6.42 Å². The third-order valence-corrected chi connectivity index (χ3v) is 3.04. The fraction of sp³-hybridized carbons (Fsp3) is 0.357. The van der Waals surface area contributed by atoms with E-state index in [-0.39, 0.29) is 24.0 Å². The van der Waals surface area contributed by atoms with Gasteiger partial charge >= 0.3 is 0 Å². The van der Waals surface area contributed by atoms with Crippen LogP contribution in [0, 0.1) is 5.82 Å². The van der Waals surface area contributed by atoms with Crippen LogP contribution in [0.3, 0.4) is 0 Å². The molecule has 3 nitrogen and oxygen atoms in total. The quantitative estimate of drug-likeness (QED) is 0.807. The number of ketones is 1. The van der Waals surface area contributed by atoms with Crippen molar-refractivity contribution in [1.82, 2.24) is 9.47 Å². The number of Topliss-reactive ketones (excluding diaryl/α,β-unsaturated/α-hetero) is 1. The highest BCUT2D eigenvalue weighted by Gasteiger charge is 2.14. The maximum atomic E-state index is 13.3. The van der Waals surface area contributed by atoms with Crippen LogP contribution >= 0.6 is 12.4 Å². The van der Waals surface area contributed by atoms with Crippen molar-refractivity contribution in [2.75, 3.05) is 20.6 Å². The van der Waals surface area contributed by atoms with Gasteiger partial charge in [0.1, 0.15) is 5.82 Å². The van der Waals surface area contributed by atoms with Crippen molar-refractivity contribution in [3.63, 3.8) is 0 Å². The second kappa shape index (κ2) is 6.17. The summed E-state index contributed by atoms with van der Waals surface area (Å²) in [5, 5.41) is 0.696. The van der Waals surface area contributed by atoms with Gasteiger partial charge in [-0.1, -0.05) is 0 Å². The molecule has 0 radical (unpaired) electrons. The lowest BCUT2D eigenvalue weighted by Crippen LogP contribution is -2.16. The zero-order valence-electron chi connectivity index (χ0n) is 11.3. The molecule has 2 rings (SSSR count). The average molecular weight is 285 g/mol. The number of carbonyl (C=O) groups excluding carboxylic acids is 1. The summed E-state index contributed by atoms with van der Waals surface area (Å²) in [7, 11) is 5.72. The molecule has 0 bridgehead atoms. The number of rotatable bonds is 4. The summed E-state index contributed by atoms with van der Waals surface area (Å²) in [5.41, 5.74) is 1.48. The molecule has 0 fully saturated rings. The van der Waals surface area contributed by atoms with Crippen molar-refractivity contribution < 1.29 is 9.18 Å². The molecule has 0 amide bonds. The molecule has 5 heteroatoms. The summed E-state index contributed by atoms with van der Waals surface area (Å²) in [4.78, 5) is 14.1. The molecule has 0 unspecified atom stereocenters. The van der Waals surface area contributed by atoms with Gasteiger partial charge in [0.15, 0.2) is 5.78 Å². The Balaban J connectivity index is 0.00000180.